The molecular weight excluding hydrogens is 603 g/mol. The number of guanidine groups is 1. The summed E-state index contributed by atoms with van der Waals surface area (Å²) in [5, 5.41) is 20.2. The molecule has 1 saturated heterocycles. The molecule has 4 N–H and O–H groups in total. The first kappa shape index (κ1) is 29.0. The number of H-pyrrole nitrogens is 1. The topological polar surface area (TPSA) is 162 Å². The molecule has 0 bridgehead atoms. The van der Waals surface area contributed by atoms with E-state index < -0.39 is 42.4 Å². The van der Waals surface area contributed by atoms with Crippen LogP contribution in [0.5, 0.6) is 0 Å². The van der Waals surface area contributed by atoms with Crippen molar-refractivity contribution in [3.05, 3.63) is 83.5 Å². The molecule has 0 unspecified atom stereocenters. The van der Waals surface area contributed by atoms with Crippen LogP contribution in [0.2, 0.25) is 5.02 Å². The number of amides is 2. The summed E-state index contributed by atoms with van der Waals surface area (Å²) in [6, 6.07) is 9.56. The van der Waals surface area contributed by atoms with Gasteiger partial charge in [-0.25, -0.2) is 9.78 Å². The van der Waals surface area contributed by atoms with Gasteiger partial charge in [0.1, 0.15) is 24.5 Å². The fourth-order valence-electron chi connectivity index (χ4n) is 4.92. The van der Waals surface area contributed by atoms with Crippen molar-refractivity contribution >= 4 is 29.6 Å². The van der Waals surface area contributed by atoms with Gasteiger partial charge in [0.05, 0.1) is 23.0 Å². The van der Waals surface area contributed by atoms with Gasteiger partial charge in [-0.05, 0) is 36.1 Å². The van der Waals surface area contributed by atoms with Crippen molar-refractivity contribution in [3.8, 4) is 22.6 Å². The zero-order valence-corrected chi connectivity index (χ0v) is 23.4. The normalized spacial score (nSPS) is 18.1. The molecule has 6 rings (SSSR count). The van der Waals surface area contributed by atoms with Crippen molar-refractivity contribution in [1.82, 2.24) is 40.7 Å². The first-order chi connectivity index (χ1) is 21.1. The molecule has 16 heteroatoms. The highest BCUT2D eigenvalue weighted by Gasteiger charge is 2.64. The number of carbonyl (C=O) groups is 2. The molecule has 12 nitrogen and oxygen atoms in total. The van der Waals surface area contributed by atoms with E-state index in [1.807, 2.05) is 5.32 Å². The molecule has 2 atom stereocenters. The molecule has 0 radical (unpaired) electrons. The Bertz CT molecular complexity index is 1700. The van der Waals surface area contributed by atoms with Crippen molar-refractivity contribution in [2.75, 3.05) is 6.61 Å². The third-order valence-electron chi connectivity index (χ3n) is 7.47. The van der Waals surface area contributed by atoms with E-state index >= 15 is 0 Å². The number of alkyl halides is 3. The van der Waals surface area contributed by atoms with E-state index in [9.17, 15) is 22.8 Å². The summed E-state index contributed by atoms with van der Waals surface area (Å²) in [4.78, 5) is 39.9. The standard InChI is InChI=1S/C28H23ClF3N9O3/c29-19-6-5-17(11-18(19)23-36-14-37-40-23)21(13-44-26(43)39-27(7-8-27)28(30,31)32)41-24(42)22(38-25(41)33)16-3-1-15(2-4-16)20-12-34-9-10-35-20/h1-6,9-12,14,21-22H,7-8,13H2,(H2,33,38)(H,39,43)(H,36,37,40)/t21-,22-/m1/s1. The van der Waals surface area contributed by atoms with E-state index in [0.717, 1.165) is 10.5 Å². The molecule has 2 fully saturated rings. The van der Waals surface area contributed by atoms with Gasteiger partial charge in [0.25, 0.3) is 5.91 Å². The highest BCUT2D eigenvalue weighted by atomic mass is 35.5. The van der Waals surface area contributed by atoms with Crippen LogP contribution in [0, 0.1) is 5.41 Å². The predicted molar refractivity (Wildman–Crippen MR) is 150 cm³/mol. The lowest BCUT2D eigenvalue weighted by Crippen LogP contribution is -2.48. The molecule has 2 aromatic carbocycles. The first-order valence-electron chi connectivity index (χ1n) is 13.3. The number of halogens is 4. The number of benzene rings is 2. The van der Waals surface area contributed by atoms with Gasteiger partial charge in [0.2, 0.25) is 0 Å². The van der Waals surface area contributed by atoms with Gasteiger partial charge in [-0.3, -0.25) is 30.2 Å². The molecule has 1 aliphatic carbocycles. The lowest BCUT2D eigenvalue weighted by molar-refractivity contribution is -0.164. The second kappa shape index (κ2) is 11.2. The van der Waals surface area contributed by atoms with Crippen LogP contribution in [0.1, 0.15) is 36.1 Å². The fourth-order valence-corrected chi connectivity index (χ4v) is 5.13. The molecular formula is C28H23ClF3N9O3. The van der Waals surface area contributed by atoms with E-state index in [-0.39, 0.29) is 18.8 Å². The van der Waals surface area contributed by atoms with Gasteiger partial charge in [-0.15, -0.1) is 0 Å². The monoisotopic (exact) mass is 625 g/mol. The van der Waals surface area contributed by atoms with Crippen LogP contribution >= 0.6 is 11.6 Å². The van der Waals surface area contributed by atoms with Gasteiger partial charge >= 0.3 is 12.3 Å². The van der Waals surface area contributed by atoms with Gasteiger partial charge in [-0.1, -0.05) is 41.9 Å². The second-order valence-electron chi connectivity index (χ2n) is 10.2. The highest BCUT2D eigenvalue weighted by molar-refractivity contribution is 6.33. The minimum Gasteiger partial charge on any atom is -0.447 e. The minimum absolute atomic E-state index is 0.261. The van der Waals surface area contributed by atoms with Crippen molar-refractivity contribution in [1.29, 1.82) is 5.41 Å². The Morgan fingerprint density at radius 2 is 1.95 bits per heavy atom. The molecule has 3 heterocycles. The van der Waals surface area contributed by atoms with Crippen LogP contribution in [-0.4, -0.2) is 66.3 Å². The summed E-state index contributed by atoms with van der Waals surface area (Å²) in [6.45, 7) is -0.564. The van der Waals surface area contributed by atoms with Gasteiger partial charge < -0.3 is 15.4 Å². The Hall–Kier alpha value is -5.05. The molecule has 226 valence electrons. The quantitative estimate of drug-likeness (QED) is 0.222. The van der Waals surface area contributed by atoms with E-state index in [1.54, 1.807) is 55.0 Å². The van der Waals surface area contributed by atoms with E-state index in [0.29, 0.717) is 33.2 Å². The smallest absolute Gasteiger partial charge is 0.411 e. The van der Waals surface area contributed by atoms with Crippen LogP contribution in [0.3, 0.4) is 0 Å². The Labute approximate surface area is 252 Å². The van der Waals surface area contributed by atoms with Gasteiger partial charge in [0.15, 0.2) is 11.8 Å². The fraction of sp³-hybridized carbons (Fsp3) is 0.250. The summed E-state index contributed by atoms with van der Waals surface area (Å²) in [7, 11) is 0. The number of nitrogens with one attached hydrogen (secondary N) is 4. The molecule has 2 aromatic heterocycles. The molecule has 2 amide bonds. The zero-order valence-electron chi connectivity index (χ0n) is 22.6. The van der Waals surface area contributed by atoms with E-state index in [2.05, 4.69) is 30.5 Å². The van der Waals surface area contributed by atoms with Crippen molar-refractivity contribution in [3.63, 3.8) is 0 Å². The molecule has 0 spiro atoms. The number of hydrogen-bond acceptors (Lipinski definition) is 8. The highest BCUT2D eigenvalue weighted by Crippen LogP contribution is 2.49. The minimum atomic E-state index is -4.64. The zero-order chi connectivity index (χ0) is 31.1. The van der Waals surface area contributed by atoms with E-state index in [4.69, 9.17) is 21.7 Å². The van der Waals surface area contributed by atoms with Crippen LogP contribution in [-0.2, 0) is 9.53 Å². The maximum Gasteiger partial charge on any atom is 0.411 e. The number of alkyl carbamates (subject to hydrolysis) is 1. The maximum atomic E-state index is 13.8. The average molecular weight is 626 g/mol. The Morgan fingerprint density at radius 3 is 2.59 bits per heavy atom. The van der Waals surface area contributed by atoms with E-state index in [1.165, 1.54) is 12.4 Å². The largest absolute Gasteiger partial charge is 0.447 e. The van der Waals surface area contributed by atoms with Gasteiger partial charge in [0, 0.05) is 23.5 Å². The Balaban J connectivity index is 1.28. The number of hydrogen-bond donors (Lipinski definition) is 4. The number of rotatable bonds is 8. The summed E-state index contributed by atoms with van der Waals surface area (Å²) in [6.07, 6.45) is -0.459. The third kappa shape index (κ3) is 5.53. The molecule has 44 heavy (non-hydrogen) atoms. The summed E-state index contributed by atoms with van der Waals surface area (Å²) in [5.41, 5.74) is 0.408. The number of aromatic nitrogens is 5. The summed E-state index contributed by atoms with van der Waals surface area (Å²) >= 11 is 6.39. The lowest BCUT2D eigenvalue weighted by Gasteiger charge is -2.28. The predicted octanol–water partition coefficient (Wildman–Crippen LogP) is 4.55. The maximum absolute atomic E-state index is 13.8. The summed E-state index contributed by atoms with van der Waals surface area (Å²) in [5.74, 6) is -0.518. The number of carbonyl (C=O) groups excluding carboxylic acids is 2. The lowest BCUT2D eigenvalue weighted by atomic mass is 10.0. The van der Waals surface area contributed by atoms with Crippen LogP contribution in [0.4, 0.5) is 18.0 Å². The molecule has 1 aliphatic heterocycles. The van der Waals surface area contributed by atoms with Crippen molar-refractivity contribution < 1.29 is 27.5 Å². The third-order valence-corrected chi connectivity index (χ3v) is 7.80. The Morgan fingerprint density at radius 1 is 1.18 bits per heavy atom. The summed E-state index contributed by atoms with van der Waals surface area (Å²) < 4.78 is 45.5. The average Bonchev–Trinajstić information content (AvgIpc) is 3.48. The van der Waals surface area contributed by atoms with Crippen LogP contribution in [0.25, 0.3) is 22.6 Å². The molecule has 4 aromatic rings. The van der Waals surface area contributed by atoms with Crippen molar-refractivity contribution in [2.45, 2.75) is 36.6 Å². The number of nitrogens with zero attached hydrogens (tertiary/aromatic N) is 5. The van der Waals surface area contributed by atoms with Crippen LogP contribution in [0.15, 0.2) is 67.4 Å². The number of ether oxygens (including phenoxy) is 1. The van der Waals surface area contributed by atoms with Crippen molar-refractivity contribution in [2.24, 2.45) is 0 Å². The molecule has 2 aliphatic rings. The SMILES string of the molecule is N=C1N[C@H](c2ccc(-c3cnccn3)cc2)C(=O)N1[C@H](COC(=O)NC1(C(F)(F)F)CC1)c1ccc(Cl)c(-c2ncn[nH]2)c1. The number of aromatic amines is 1. The van der Waals surface area contributed by atoms with Gasteiger partial charge in [-0.2, -0.15) is 18.3 Å². The molecule has 1 saturated carbocycles. The first-order valence-corrected chi connectivity index (χ1v) is 13.7. The second-order valence-corrected chi connectivity index (χ2v) is 10.6. The Kier molecular flexibility index (Phi) is 7.41. The van der Waals surface area contributed by atoms with Crippen LogP contribution < -0.4 is 10.6 Å².